The van der Waals surface area contributed by atoms with Crippen molar-refractivity contribution in [1.29, 1.82) is 0 Å². The molecule has 0 amide bonds. The topological polar surface area (TPSA) is 68.3 Å². The average molecular weight is 395 g/mol. The normalized spacial score (nSPS) is 24.8. The summed E-state index contributed by atoms with van der Waals surface area (Å²) in [5.74, 6) is -0.618. The van der Waals surface area contributed by atoms with E-state index < -0.39 is 5.92 Å². The first-order valence-electron chi connectivity index (χ1n) is 10.7. The van der Waals surface area contributed by atoms with E-state index in [2.05, 4.69) is 24.1 Å². The maximum absolute atomic E-state index is 13.3. The van der Waals surface area contributed by atoms with Gasteiger partial charge in [0.1, 0.15) is 6.10 Å². The van der Waals surface area contributed by atoms with Crippen LogP contribution < -0.4 is 5.32 Å². The van der Waals surface area contributed by atoms with Gasteiger partial charge in [-0.15, -0.1) is 0 Å². The molecule has 5 nitrogen and oxygen atoms in total. The lowest BCUT2D eigenvalue weighted by Crippen LogP contribution is -2.39. The average Bonchev–Trinajstić information content (AvgIpc) is 2.67. The Labute approximate surface area is 172 Å². The predicted molar refractivity (Wildman–Crippen MR) is 111 cm³/mol. The first-order chi connectivity index (χ1) is 13.9. The zero-order valence-corrected chi connectivity index (χ0v) is 17.6. The van der Waals surface area contributed by atoms with Crippen LogP contribution in [-0.4, -0.2) is 22.8 Å². The number of dihydropyridines is 1. The largest absolute Gasteiger partial charge is 0.459 e. The maximum Gasteiger partial charge on any atom is 0.337 e. The number of esters is 1. The summed E-state index contributed by atoms with van der Waals surface area (Å²) in [5, 5.41) is 3.39. The lowest BCUT2D eigenvalue weighted by atomic mass is 9.69. The van der Waals surface area contributed by atoms with Crippen molar-refractivity contribution in [1.82, 2.24) is 10.3 Å². The molecule has 1 atom stereocenters. The van der Waals surface area contributed by atoms with E-state index in [4.69, 9.17) is 4.74 Å². The fourth-order valence-electron chi connectivity index (χ4n) is 4.98. The molecule has 1 unspecified atom stereocenters. The van der Waals surface area contributed by atoms with Gasteiger partial charge in [0.15, 0.2) is 5.78 Å². The molecule has 0 saturated heterocycles. The molecule has 0 bridgehead atoms. The molecule has 4 rings (SSSR count). The highest BCUT2D eigenvalue weighted by Gasteiger charge is 2.43. The number of ketones is 1. The van der Waals surface area contributed by atoms with Crippen LogP contribution in [0.3, 0.4) is 0 Å². The molecule has 3 aliphatic rings. The van der Waals surface area contributed by atoms with Crippen molar-refractivity contribution >= 4 is 11.8 Å². The van der Waals surface area contributed by atoms with E-state index in [1.807, 2.05) is 19.1 Å². The minimum absolute atomic E-state index is 0.0255. The van der Waals surface area contributed by atoms with Crippen molar-refractivity contribution in [2.45, 2.75) is 77.7 Å². The van der Waals surface area contributed by atoms with E-state index in [1.165, 1.54) is 6.42 Å². The Morgan fingerprint density at radius 1 is 1.21 bits per heavy atom. The van der Waals surface area contributed by atoms with E-state index in [0.717, 1.165) is 49.1 Å². The van der Waals surface area contributed by atoms with Crippen LogP contribution in [0.4, 0.5) is 0 Å². The third-order valence-electron chi connectivity index (χ3n) is 6.30. The second kappa shape index (κ2) is 7.77. The fraction of sp³-hybridized carbons (Fsp3) is 0.542. The lowest BCUT2D eigenvalue weighted by molar-refractivity contribution is -0.146. The summed E-state index contributed by atoms with van der Waals surface area (Å²) in [5.41, 5.74) is 3.75. The number of allylic oxidation sites excluding steroid dienone is 3. The van der Waals surface area contributed by atoms with Crippen LogP contribution in [0.15, 0.2) is 47.1 Å². The van der Waals surface area contributed by atoms with Crippen molar-refractivity contribution in [2.24, 2.45) is 5.41 Å². The Hall–Kier alpha value is -2.43. The molecule has 1 N–H and O–H groups in total. The number of Topliss-reactive ketones (excluding diaryl/α,β-unsaturated/α-hetero) is 1. The van der Waals surface area contributed by atoms with Crippen LogP contribution in [-0.2, 0) is 14.3 Å². The summed E-state index contributed by atoms with van der Waals surface area (Å²) in [6.45, 7) is 6.14. The monoisotopic (exact) mass is 394 g/mol. The molecule has 1 fully saturated rings. The van der Waals surface area contributed by atoms with Gasteiger partial charge in [-0.2, -0.15) is 0 Å². The Balaban J connectivity index is 1.73. The molecule has 1 saturated carbocycles. The van der Waals surface area contributed by atoms with Crippen LogP contribution in [0, 0.1) is 5.41 Å². The van der Waals surface area contributed by atoms with Crippen molar-refractivity contribution < 1.29 is 14.3 Å². The Kier molecular flexibility index (Phi) is 5.32. The number of ether oxygens (including phenoxy) is 1. The summed E-state index contributed by atoms with van der Waals surface area (Å²) in [6, 6.07) is 3.80. The molecule has 154 valence electrons. The summed E-state index contributed by atoms with van der Waals surface area (Å²) in [7, 11) is 0. The van der Waals surface area contributed by atoms with Crippen LogP contribution in [0.2, 0.25) is 0 Å². The Morgan fingerprint density at radius 3 is 2.66 bits per heavy atom. The SMILES string of the molecule is CC1=C(C(=O)OC2CCCCC2)C(c2cccnc2)C2=C(CC(C)(C)CC2=O)N1. The number of hydrogen-bond acceptors (Lipinski definition) is 5. The van der Waals surface area contributed by atoms with E-state index in [1.54, 1.807) is 12.4 Å². The molecule has 0 aromatic carbocycles. The Morgan fingerprint density at radius 2 is 1.97 bits per heavy atom. The van der Waals surface area contributed by atoms with Crippen LogP contribution in [0.5, 0.6) is 0 Å². The van der Waals surface area contributed by atoms with E-state index >= 15 is 0 Å². The van der Waals surface area contributed by atoms with Crippen molar-refractivity contribution in [2.75, 3.05) is 0 Å². The minimum Gasteiger partial charge on any atom is -0.459 e. The van der Waals surface area contributed by atoms with Gasteiger partial charge in [-0.3, -0.25) is 9.78 Å². The smallest absolute Gasteiger partial charge is 0.337 e. The first-order valence-corrected chi connectivity index (χ1v) is 10.7. The van der Waals surface area contributed by atoms with Gasteiger partial charge in [0, 0.05) is 41.7 Å². The number of nitrogens with one attached hydrogen (secondary N) is 1. The standard InChI is InChI=1S/C24H30N2O3/c1-15-20(23(28)29-17-9-5-4-6-10-17)21(16-8-7-11-25-14-16)22-18(26-15)12-24(2,3)13-19(22)27/h7-8,11,14,17,21,26H,4-6,9-10,12-13H2,1-3H3. The number of pyridine rings is 1. The molecular formula is C24H30N2O3. The molecule has 2 heterocycles. The van der Waals surface area contributed by atoms with Gasteiger partial charge in [-0.1, -0.05) is 26.3 Å². The second-order valence-electron chi connectivity index (χ2n) is 9.38. The van der Waals surface area contributed by atoms with E-state index in [9.17, 15) is 9.59 Å². The molecule has 29 heavy (non-hydrogen) atoms. The third-order valence-corrected chi connectivity index (χ3v) is 6.30. The van der Waals surface area contributed by atoms with Crippen molar-refractivity contribution in [3.8, 4) is 0 Å². The molecule has 0 radical (unpaired) electrons. The second-order valence-corrected chi connectivity index (χ2v) is 9.38. The number of nitrogens with zero attached hydrogens (tertiary/aromatic N) is 1. The van der Waals surface area contributed by atoms with E-state index in [-0.39, 0.29) is 23.3 Å². The summed E-state index contributed by atoms with van der Waals surface area (Å²) in [4.78, 5) is 30.8. The number of carbonyl (C=O) groups excluding carboxylic acids is 2. The number of carbonyl (C=O) groups is 2. The van der Waals surface area contributed by atoms with Crippen LogP contribution in [0.1, 0.15) is 77.2 Å². The summed E-state index contributed by atoms with van der Waals surface area (Å²) < 4.78 is 5.92. The summed E-state index contributed by atoms with van der Waals surface area (Å²) >= 11 is 0. The fourth-order valence-corrected chi connectivity index (χ4v) is 4.98. The zero-order valence-electron chi connectivity index (χ0n) is 17.6. The van der Waals surface area contributed by atoms with Gasteiger partial charge in [-0.05, 0) is 56.1 Å². The van der Waals surface area contributed by atoms with Crippen LogP contribution in [0.25, 0.3) is 0 Å². The number of aromatic nitrogens is 1. The highest BCUT2D eigenvalue weighted by atomic mass is 16.5. The Bertz CT molecular complexity index is 877. The predicted octanol–water partition coefficient (Wildman–Crippen LogP) is 4.56. The lowest BCUT2D eigenvalue weighted by Gasteiger charge is -2.39. The molecule has 1 aromatic heterocycles. The van der Waals surface area contributed by atoms with Gasteiger partial charge in [0.05, 0.1) is 5.57 Å². The first kappa shape index (κ1) is 19.9. The highest BCUT2D eigenvalue weighted by Crippen LogP contribution is 2.46. The molecule has 1 aromatic rings. The number of hydrogen-bond donors (Lipinski definition) is 1. The molecule has 0 spiro atoms. The molecule has 2 aliphatic carbocycles. The third kappa shape index (κ3) is 4.00. The maximum atomic E-state index is 13.3. The number of rotatable bonds is 3. The minimum atomic E-state index is -0.417. The van der Waals surface area contributed by atoms with Gasteiger partial charge in [-0.25, -0.2) is 4.79 Å². The van der Waals surface area contributed by atoms with Crippen molar-refractivity contribution in [3.05, 3.63) is 52.6 Å². The highest BCUT2D eigenvalue weighted by molar-refractivity contribution is 6.04. The van der Waals surface area contributed by atoms with Crippen LogP contribution >= 0.6 is 0 Å². The van der Waals surface area contributed by atoms with E-state index in [0.29, 0.717) is 17.6 Å². The zero-order chi connectivity index (χ0) is 20.6. The molecule has 1 aliphatic heterocycles. The quantitative estimate of drug-likeness (QED) is 0.761. The molecule has 5 heteroatoms. The molecular weight excluding hydrogens is 364 g/mol. The van der Waals surface area contributed by atoms with Gasteiger partial charge in [0.25, 0.3) is 0 Å². The van der Waals surface area contributed by atoms with Crippen molar-refractivity contribution in [3.63, 3.8) is 0 Å². The van der Waals surface area contributed by atoms with Gasteiger partial charge >= 0.3 is 5.97 Å². The van der Waals surface area contributed by atoms with Gasteiger partial charge in [0.2, 0.25) is 0 Å². The van der Waals surface area contributed by atoms with Gasteiger partial charge < -0.3 is 10.1 Å². The summed E-state index contributed by atoms with van der Waals surface area (Å²) in [6.07, 6.45) is 9.96.